The summed E-state index contributed by atoms with van der Waals surface area (Å²) in [6, 6.07) is 3.12. The molecule has 0 radical (unpaired) electrons. The summed E-state index contributed by atoms with van der Waals surface area (Å²) in [6.45, 7) is 2.27. The molecule has 2 fully saturated rings. The maximum absolute atomic E-state index is 9.36. The van der Waals surface area contributed by atoms with Gasteiger partial charge in [0.2, 0.25) is 0 Å². The van der Waals surface area contributed by atoms with Gasteiger partial charge in [-0.05, 0) is 38.3 Å². The molecule has 4 nitrogen and oxygen atoms in total. The molecule has 1 aromatic heterocycles. The van der Waals surface area contributed by atoms with Gasteiger partial charge in [-0.25, -0.2) is 0 Å². The van der Waals surface area contributed by atoms with Crippen molar-refractivity contribution in [3.63, 3.8) is 0 Å². The molecule has 1 aromatic rings. The molecular weight excluding hydrogens is 238 g/mol. The summed E-state index contributed by atoms with van der Waals surface area (Å²) in [5.41, 5.74) is 1.16. The molecule has 2 heterocycles. The van der Waals surface area contributed by atoms with E-state index >= 15 is 0 Å². The zero-order valence-corrected chi connectivity index (χ0v) is 11.7. The Hall–Kier alpha value is -0.870. The zero-order valence-electron chi connectivity index (χ0n) is 11.7. The molecule has 1 saturated carbocycles. The minimum Gasteiger partial charge on any atom is -0.395 e. The van der Waals surface area contributed by atoms with Crippen molar-refractivity contribution in [3.05, 3.63) is 18.0 Å². The Morgan fingerprint density at radius 2 is 2.00 bits per heavy atom. The monoisotopic (exact) mass is 263 g/mol. The Kier molecular flexibility index (Phi) is 4.18. The Bertz CT molecular complexity index is 398. The van der Waals surface area contributed by atoms with Gasteiger partial charge in [0.15, 0.2) is 0 Å². The molecule has 106 valence electrons. The predicted octanol–water partition coefficient (Wildman–Crippen LogP) is 2.35. The highest BCUT2D eigenvalue weighted by molar-refractivity contribution is 5.01. The molecule has 0 amide bonds. The van der Waals surface area contributed by atoms with Gasteiger partial charge in [0, 0.05) is 18.8 Å². The summed E-state index contributed by atoms with van der Waals surface area (Å²) in [5, 5.41) is 14.1. The first-order chi connectivity index (χ1) is 9.36. The highest BCUT2D eigenvalue weighted by atomic mass is 16.3. The van der Waals surface area contributed by atoms with E-state index in [4.69, 9.17) is 5.10 Å². The minimum atomic E-state index is 0.281. The fourth-order valence-electron chi connectivity index (χ4n) is 3.53. The van der Waals surface area contributed by atoms with Crippen LogP contribution in [0.3, 0.4) is 0 Å². The van der Waals surface area contributed by atoms with Crippen molar-refractivity contribution >= 4 is 0 Å². The highest BCUT2D eigenvalue weighted by Crippen LogP contribution is 2.27. The van der Waals surface area contributed by atoms with E-state index in [1.807, 2.05) is 0 Å². The van der Waals surface area contributed by atoms with E-state index < -0.39 is 0 Å². The van der Waals surface area contributed by atoms with Crippen LogP contribution in [0.15, 0.2) is 12.3 Å². The lowest BCUT2D eigenvalue weighted by molar-refractivity contribution is 0.152. The normalized spacial score (nSPS) is 26.1. The molecule has 1 aliphatic carbocycles. The second kappa shape index (κ2) is 6.06. The van der Waals surface area contributed by atoms with E-state index in [-0.39, 0.29) is 6.61 Å². The minimum absolute atomic E-state index is 0.281. The Morgan fingerprint density at radius 1 is 1.16 bits per heavy atom. The lowest BCUT2D eigenvalue weighted by Gasteiger charge is -2.23. The topological polar surface area (TPSA) is 41.3 Å². The van der Waals surface area contributed by atoms with Crippen LogP contribution in [0.25, 0.3) is 0 Å². The van der Waals surface area contributed by atoms with Crippen LogP contribution in [0.1, 0.15) is 56.7 Å². The third-order valence-electron chi connectivity index (χ3n) is 4.69. The van der Waals surface area contributed by atoms with Crippen LogP contribution in [0, 0.1) is 0 Å². The molecule has 3 rings (SSSR count). The van der Waals surface area contributed by atoms with E-state index in [0.29, 0.717) is 12.1 Å². The first-order valence-electron chi connectivity index (χ1n) is 7.76. The fourth-order valence-corrected chi connectivity index (χ4v) is 3.53. The van der Waals surface area contributed by atoms with E-state index in [1.54, 1.807) is 0 Å². The van der Waals surface area contributed by atoms with E-state index in [0.717, 1.165) is 25.2 Å². The predicted molar refractivity (Wildman–Crippen MR) is 74.9 cm³/mol. The molecule has 0 bridgehead atoms. The number of hydrogen-bond acceptors (Lipinski definition) is 3. The molecule has 2 aliphatic rings. The van der Waals surface area contributed by atoms with Gasteiger partial charge in [-0.15, -0.1) is 0 Å². The van der Waals surface area contributed by atoms with Gasteiger partial charge in [0.05, 0.1) is 18.3 Å². The highest BCUT2D eigenvalue weighted by Gasteiger charge is 2.24. The summed E-state index contributed by atoms with van der Waals surface area (Å²) in [4.78, 5) is 2.37. The molecule has 0 aromatic carbocycles. The number of rotatable bonds is 4. The summed E-state index contributed by atoms with van der Waals surface area (Å²) in [7, 11) is 0. The Labute approximate surface area is 115 Å². The van der Waals surface area contributed by atoms with Crippen LogP contribution in [-0.4, -0.2) is 39.0 Å². The molecule has 4 heteroatoms. The van der Waals surface area contributed by atoms with Gasteiger partial charge in [0.25, 0.3) is 0 Å². The Morgan fingerprint density at radius 3 is 2.79 bits per heavy atom. The largest absolute Gasteiger partial charge is 0.395 e. The van der Waals surface area contributed by atoms with Crippen LogP contribution < -0.4 is 0 Å². The third-order valence-corrected chi connectivity index (χ3v) is 4.69. The molecule has 0 unspecified atom stereocenters. The summed E-state index contributed by atoms with van der Waals surface area (Å²) < 4.78 is 2.18. The second-order valence-corrected chi connectivity index (χ2v) is 6.03. The second-order valence-electron chi connectivity index (χ2n) is 6.03. The van der Waals surface area contributed by atoms with Crippen molar-refractivity contribution in [1.82, 2.24) is 14.7 Å². The number of hydrogen-bond donors (Lipinski definition) is 1. The zero-order chi connectivity index (χ0) is 13.1. The van der Waals surface area contributed by atoms with Gasteiger partial charge < -0.3 is 5.11 Å². The summed E-state index contributed by atoms with van der Waals surface area (Å²) in [5.74, 6) is 0. The number of aliphatic hydroxyl groups excluding tert-OH is 1. The van der Waals surface area contributed by atoms with Crippen molar-refractivity contribution in [2.24, 2.45) is 0 Å². The first-order valence-corrected chi connectivity index (χ1v) is 7.76. The molecular formula is C15H25N3O. The number of aliphatic hydroxyl groups is 1. The number of aromatic nitrogens is 2. The van der Waals surface area contributed by atoms with E-state index in [9.17, 15) is 5.11 Å². The van der Waals surface area contributed by atoms with Gasteiger partial charge in [-0.1, -0.05) is 19.3 Å². The molecule has 1 N–H and O–H groups in total. The van der Waals surface area contributed by atoms with E-state index in [2.05, 4.69) is 21.8 Å². The molecule has 1 atom stereocenters. The maximum Gasteiger partial charge on any atom is 0.0765 e. The quantitative estimate of drug-likeness (QED) is 0.906. The summed E-state index contributed by atoms with van der Waals surface area (Å²) in [6.07, 6.45) is 11.1. The van der Waals surface area contributed by atoms with Gasteiger partial charge in [-0.2, -0.15) is 5.10 Å². The molecule has 0 spiro atoms. The molecule has 19 heavy (non-hydrogen) atoms. The maximum atomic E-state index is 9.36. The van der Waals surface area contributed by atoms with Crippen molar-refractivity contribution in [1.29, 1.82) is 0 Å². The van der Waals surface area contributed by atoms with Crippen LogP contribution in [0.5, 0.6) is 0 Å². The molecule has 1 saturated heterocycles. The third kappa shape index (κ3) is 3.00. The van der Waals surface area contributed by atoms with Gasteiger partial charge in [-0.3, -0.25) is 9.58 Å². The van der Waals surface area contributed by atoms with Crippen molar-refractivity contribution in [3.8, 4) is 0 Å². The summed E-state index contributed by atoms with van der Waals surface area (Å²) >= 11 is 0. The lowest BCUT2D eigenvalue weighted by Crippen LogP contribution is -2.31. The van der Waals surface area contributed by atoms with E-state index in [1.165, 1.54) is 38.5 Å². The smallest absolute Gasteiger partial charge is 0.0765 e. The van der Waals surface area contributed by atoms with Crippen LogP contribution in [0.2, 0.25) is 0 Å². The average molecular weight is 263 g/mol. The lowest BCUT2D eigenvalue weighted by atomic mass is 9.96. The van der Waals surface area contributed by atoms with Crippen molar-refractivity contribution in [2.75, 3.05) is 13.2 Å². The van der Waals surface area contributed by atoms with Crippen LogP contribution in [0.4, 0.5) is 0 Å². The van der Waals surface area contributed by atoms with Crippen molar-refractivity contribution in [2.45, 2.75) is 63.6 Å². The van der Waals surface area contributed by atoms with Crippen LogP contribution in [-0.2, 0) is 6.54 Å². The van der Waals surface area contributed by atoms with Gasteiger partial charge >= 0.3 is 0 Å². The number of likely N-dealkylation sites (tertiary alicyclic amines) is 1. The fraction of sp³-hybridized carbons (Fsp3) is 0.800. The first kappa shape index (κ1) is 13.1. The Balaban J connectivity index is 1.61. The average Bonchev–Trinajstić information content (AvgIpc) is 3.09. The molecule has 1 aliphatic heterocycles. The SMILES string of the molecule is OC[C@@H]1CCCN1Cc1ccn(C2CCCCC2)n1. The van der Waals surface area contributed by atoms with Crippen molar-refractivity contribution < 1.29 is 5.11 Å². The van der Waals surface area contributed by atoms with Gasteiger partial charge in [0.1, 0.15) is 0 Å². The standard InChI is InChI=1S/C15H25N3O/c19-12-15-7-4-9-17(15)11-13-8-10-18(16-13)14-5-2-1-3-6-14/h8,10,14-15,19H,1-7,9,11-12H2/t15-/m0/s1. The van der Waals surface area contributed by atoms with Crippen LogP contribution >= 0.6 is 0 Å². The number of nitrogens with zero attached hydrogens (tertiary/aromatic N) is 3.